The number of rotatable bonds is 3. The van der Waals surface area contributed by atoms with Crippen LogP contribution in [0.3, 0.4) is 0 Å². The maximum atomic E-state index is 12.0. The number of anilines is 1. The molecule has 1 heterocycles. The fourth-order valence-electron chi connectivity index (χ4n) is 1.97. The minimum atomic E-state index is -0.432. The van der Waals surface area contributed by atoms with Crippen LogP contribution in [-0.4, -0.2) is 22.4 Å². The van der Waals surface area contributed by atoms with Gasteiger partial charge in [-0.1, -0.05) is 11.6 Å². The first-order valence-electron chi connectivity index (χ1n) is 6.24. The average Bonchev–Trinajstić information content (AvgIpc) is 2.67. The number of carbonyl (C=O) groups is 1. The molecule has 2 aromatic rings. The van der Waals surface area contributed by atoms with Gasteiger partial charge in [-0.05, 0) is 39.0 Å². The predicted molar refractivity (Wildman–Crippen MR) is 78.4 cm³/mol. The number of aromatic nitrogens is 2. The number of nitrogens with zero attached hydrogens (tertiary/aromatic N) is 2. The molecule has 0 aliphatic heterocycles. The summed E-state index contributed by atoms with van der Waals surface area (Å²) in [4.78, 5) is 12.0. The predicted octanol–water partition coefficient (Wildman–Crippen LogP) is 2.90. The molecule has 0 radical (unpaired) electrons. The van der Waals surface area contributed by atoms with Crippen LogP contribution in [0.15, 0.2) is 18.2 Å². The number of benzene rings is 1. The first kappa shape index (κ1) is 14.4. The zero-order valence-corrected chi connectivity index (χ0v) is 12.4. The first-order chi connectivity index (χ1) is 9.45. The molecule has 2 N–H and O–H groups in total. The second kappa shape index (κ2) is 5.54. The van der Waals surface area contributed by atoms with Crippen molar-refractivity contribution in [1.29, 1.82) is 0 Å². The molecule has 0 saturated carbocycles. The van der Waals surface area contributed by atoms with Gasteiger partial charge >= 0.3 is 5.97 Å². The Bertz CT molecular complexity index is 665. The van der Waals surface area contributed by atoms with Gasteiger partial charge in [-0.3, -0.25) is 0 Å². The van der Waals surface area contributed by atoms with Crippen LogP contribution in [0.5, 0.6) is 0 Å². The molecular weight excluding hydrogens is 278 g/mol. The Hall–Kier alpha value is -2.01. The lowest BCUT2D eigenvalue weighted by molar-refractivity contribution is 0.0526. The van der Waals surface area contributed by atoms with Gasteiger partial charge in [0, 0.05) is 5.69 Å². The third-order valence-electron chi connectivity index (χ3n) is 2.95. The van der Waals surface area contributed by atoms with E-state index in [0.717, 1.165) is 5.69 Å². The van der Waals surface area contributed by atoms with E-state index in [1.54, 1.807) is 29.8 Å². The topological polar surface area (TPSA) is 70.1 Å². The number of nitrogen functional groups attached to an aromatic ring is 1. The largest absolute Gasteiger partial charge is 0.462 e. The van der Waals surface area contributed by atoms with Gasteiger partial charge in [0.1, 0.15) is 0 Å². The summed E-state index contributed by atoms with van der Waals surface area (Å²) in [5.74, 6) is -0.432. The highest BCUT2D eigenvalue weighted by Crippen LogP contribution is 2.25. The van der Waals surface area contributed by atoms with Crippen molar-refractivity contribution in [3.63, 3.8) is 0 Å². The fraction of sp³-hybridized carbons (Fsp3) is 0.286. The molecule has 0 fully saturated rings. The lowest BCUT2D eigenvalue weighted by Gasteiger charge is -2.11. The lowest BCUT2D eigenvalue weighted by Crippen LogP contribution is -2.12. The Morgan fingerprint density at radius 2 is 2.15 bits per heavy atom. The van der Waals surface area contributed by atoms with Gasteiger partial charge in [0.25, 0.3) is 0 Å². The van der Waals surface area contributed by atoms with Crippen molar-refractivity contribution >= 4 is 23.3 Å². The molecule has 0 aliphatic rings. The zero-order chi connectivity index (χ0) is 14.9. The number of hydrogen-bond donors (Lipinski definition) is 1. The van der Waals surface area contributed by atoms with E-state index in [0.29, 0.717) is 34.3 Å². The van der Waals surface area contributed by atoms with Crippen LogP contribution in [0.4, 0.5) is 5.69 Å². The molecule has 0 spiro atoms. The van der Waals surface area contributed by atoms with Crippen molar-refractivity contribution in [2.24, 2.45) is 0 Å². The van der Waals surface area contributed by atoms with E-state index >= 15 is 0 Å². The fourth-order valence-corrected chi connectivity index (χ4v) is 2.09. The average molecular weight is 294 g/mol. The van der Waals surface area contributed by atoms with Crippen LogP contribution in [0.1, 0.15) is 28.7 Å². The van der Waals surface area contributed by atoms with Gasteiger partial charge < -0.3 is 10.5 Å². The number of halogens is 1. The normalized spacial score (nSPS) is 10.6. The Labute approximate surface area is 122 Å². The van der Waals surface area contributed by atoms with Crippen LogP contribution in [0.25, 0.3) is 5.69 Å². The summed E-state index contributed by atoms with van der Waals surface area (Å²) in [5.41, 5.74) is 8.68. The van der Waals surface area contributed by atoms with E-state index in [1.165, 1.54) is 0 Å². The lowest BCUT2D eigenvalue weighted by atomic mass is 10.1. The molecular formula is C14H16ClN3O2. The highest BCUT2D eigenvalue weighted by atomic mass is 35.5. The number of nitrogens with two attached hydrogens (primary N) is 1. The van der Waals surface area contributed by atoms with Crippen molar-refractivity contribution < 1.29 is 9.53 Å². The van der Waals surface area contributed by atoms with Crippen LogP contribution in [-0.2, 0) is 4.74 Å². The third-order valence-corrected chi connectivity index (χ3v) is 3.49. The molecule has 1 aromatic heterocycles. The minimum Gasteiger partial charge on any atom is -0.462 e. The minimum absolute atomic E-state index is 0.297. The summed E-state index contributed by atoms with van der Waals surface area (Å²) in [6, 6.07) is 5.03. The van der Waals surface area contributed by atoms with E-state index in [4.69, 9.17) is 22.1 Å². The number of esters is 1. The van der Waals surface area contributed by atoms with Crippen molar-refractivity contribution in [2.45, 2.75) is 20.8 Å². The van der Waals surface area contributed by atoms with Crippen LogP contribution in [0, 0.1) is 13.8 Å². The molecule has 20 heavy (non-hydrogen) atoms. The molecule has 0 saturated heterocycles. The van der Waals surface area contributed by atoms with Crippen molar-refractivity contribution in [3.8, 4) is 5.69 Å². The zero-order valence-electron chi connectivity index (χ0n) is 11.6. The quantitative estimate of drug-likeness (QED) is 0.698. The summed E-state index contributed by atoms with van der Waals surface area (Å²) in [6.07, 6.45) is 0. The summed E-state index contributed by atoms with van der Waals surface area (Å²) >= 11 is 6.15. The second-order valence-electron chi connectivity index (χ2n) is 4.39. The number of aryl methyl sites for hydroxylation is 1. The standard InChI is InChI=1S/C14H16ClN3O2/c1-4-20-14(19)11-7-10(16)5-6-12(11)18-9(3)13(15)8(2)17-18/h5-7H,4,16H2,1-3H3. The maximum Gasteiger partial charge on any atom is 0.340 e. The summed E-state index contributed by atoms with van der Waals surface area (Å²) < 4.78 is 6.68. The maximum absolute atomic E-state index is 12.0. The van der Waals surface area contributed by atoms with Gasteiger partial charge in [0.15, 0.2) is 0 Å². The van der Waals surface area contributed by atoms with Crippen molar-refractivity contribution in [3.05, 3.63) is 40.2 Å². The van der Waals surface area contributed by atoms with Gasteiger partial charge in [0.2, 0.25) is 0 Å². The molecule has 0 bridgehead atoms. The molecule has 0 amide bonds. The molecule has 0 aliphatic carbocycles. The van der Waals surface area contributed by atoms with E-state index in [-0.39, 0.29) is 0 Å². The summed E-state index contributed by atoms with van der Waals surface area (Å²) in [6.45, 7) is 5.70. The van der Waals surface area contributed by atoms with Gasteiger partial charge in [-0.15, -0.1) is 0 Å². The Morgan fingerprint density at radius 3 is 2.70 bits per heavy atom. The van der Waals surface area contributed by atoms with Crippen LogP contribution in [0.2, 0.25) is 5.02 Å². The van der Waals surface area contributed by atoms with Gasteiger partial charge in [-0.25, -0.2) is 9.48 Å². The number of ether oxygens (including phenoxy) is 1. The first-order valence-corrected chi connectivity index (χ1v) is 6.62. The molecule has 0 unspecified atom stereocenters. The van der Waals surface area contributed by atoms with E-state index in [2.05, 4.69) is 5.10 Å². The SMILES string of the molecule is CCOC(=O)c1cc(N)ccc1-n1nc(C)c(Cl)c1C. The van der Waals surface area contributed by atoms with Crippen molar-refractivity contribution in [1.82, 2.24) is 9.78 Å². The Kier molecular flexibility index (Phi) is 3.99. The second-order valence-corrected chi connectivity index (χ2v) is 4.77. The van der Waals surface area contributed by atoms with Crippen molar-refractivity contribution in [2.75, 3.05) is 12.3 Å². The van der Waals surface area contributed by atoms with E-state index < -0.39 is 5.97 Å². The van der Waals surface area contributed by atoms with Gasteiger partial charge in [-0.2, -0.15) is 5.10 Å². The third kappa shape index (κ3) is 2.49. The molecule has 106 valence electrons. The summed E-state index contributed by atoms with van der Waals surface area (Å²) in [7, 11) is 0. The summed E-state index contributed by atoms with van der Waals surface area (Å²) in [5, 5.41) is 4.93. The molecule has 0 atom stereocenters. The van der Waals surface area contributed by atoms with E-state index in [1.807, 2.05) is 13.8 Å². The highest BCUT2D eigenvalue weighted by molar-refractivity contribution is 6.31. The molecule has 2 rings (SSSR count). The molecule has 1 aromatic carbocycles. The molecule has 5 nitrogen and oxygen atoms in total. The number of carbonyl (C=O) groups excluding carboxylic acids is 1. The van der Waals surface area contributed by atoms with E-state index in [9.17, 15) is 4.79 Å². The smallest absolute Gasteiger partial charge is 0.340 e. The van der Waals surface area contributed by atoms with Gasteiger partial charge in [0.05, 0.1) is 34.3 Å². The monoisotopic (exact) mass is 293 g/mol. The Balaban J connectivity index is 2.61. The van der Waals surface area contributed by atoms with Crippen LogP contribution < -0.4 is 5.73 Å². The Morgan fingerprint density at radius 1 is 1.45 bits per heavy atom. The highest BCUT2D eigenvalue weighted by Gasteiger charge is 2.18. The molecule has 6 heteroatoms. The number of hydrogen-bond acceptors (Lipinski definition) is 4. The van der Waals surface area contributed by atoms with Crippen LogP contribution >= 0.6 is 11.6 Å².